The number of para-hydroxylation sites is 1. The number of carbonyl (C=O) groups is 1. The lowest BCUT2D eigenvalue weighted by atomic mass is 9.92. The third-order valence-electron chi connectivity index (χ3n) is 4.37. The van der Waals surface area contributed by atoms with Crippen molar-refractivity contribution in [1.29, 1.82) is 0 Å². The predicted octanol–water partition coefficient (Wildman–Crippen LogP) is 2.05. The highest BCUT2D eigenvalue weighted by molar-refractivity contribution is 5.72. The van der Waals surface area contributed by atoms with Crippen LogP contribution < -0.4 is 4.74 Å². The van der Waals surface area contributed by atoms with Crippen molar-refractivity contribution in [3.05, 3.63) is 29.8 Å². The van der Waals surface area contributed by atoms with Gasteiger partial charge in [0.1, 0.15) is 5.75 Å². The van der Waals surface area contributed by atoms with Gasteiger partial charge in [-0.25, -0.2) is 0 Å². The van der Waals surface area contributed by atoms with Gasteiger partial charge in [0, 0.05) is 19.0 Å². The van der Waals surface area contributed by atoms with Gasteiger partial charge in [-0.15, -0.1) is 0 Å². The minimum atomic E-state index is -0.0696. The van der Waals surface area contributed by atoms with Crippen molar-refractivity contribution in [3.63, 3.8) is 0 Å². The molecule has 0 amide bonds. The van der Waals surface area contributed by atoms with Crippen LogP contribution in [0.15, 0.2) is 24.3 Å². The van der Waals surface area contributed by atoms with Crippen LogP contribution in [0.5, 0.6) is 5.75 Å². The molecule has 0 saturated carbocycles. The van der Waals surface area contributed by atoms with Crippen molar-refractivity contribution in [1.82, 2.24) is 4.90 Å². The first kappa shape index (κ1) is 13.4. The average molecular weight is 275 g/mol. The van der Waals surface area contributed by atoms with Gasteiger partial charge >= 0.3 is 5.97 Å². The van der Waals surface area contributed by atoms with Crippen molar-refractivity contribution in [2.75, 3.05) is 33.4 Å². The van der Waals surface area contributed by atoms with E-state index in [4.69, 9.17) is 9.47 Å². The molecule has 0 aliphatic carbocycles. The van der Waals surface area contributed by atoms with E-state index < -0.39 is 0 Å². The zero-order chi connectivity index (χ0) is 13.9. The number of esters is 1. The number of likely N-dealkylation sites (tertiary alicyclic amines) is 1. The number of carbonyl (C=O) groups excluding carboxylic acids is 1. The Morgan fingerprint density at radius 3 is 3.10 bits per heavy atom. The third kappa shape index (κ3) is 2.66. The molecule has 0 N–H and O–H groups in total. The molecule has 1 fully saturated rings. The summed E-state index contributed by atoms with van der Waals surface area (Å²) in [5, 5.41) is 0. The molecule has 108 valence electrons. The molecule has 3 rings (SSSR count). The van der Waals surface area contributed by atoms with E-state index in [1.165, 1.54) is 12.7 Å². The fourth-order valence-electron chi connectivity index (χ4n) is 3.27. The molecule has 2 aliphatic heterocycles. The Labute approximate surface area is 119 Å². The fraction of sp³-hybridized carbons (Fsp3) is 0.562. The van der Waals surface area contributed by atoms with Gasteiger partial charge in [-0.1, -0.05) is 18.2 Å². The molecule has 1 saturated heterocycles. The number of hydrogen-bond donors (Lipinski definition) is 0. The third-order valence-corrected chi connectivity index (χ3v) is 4.37. The summed E-state index contributed by atoms with van der Waals surface area (Å²) in [6, 6.07) is 8.29. The van der Waals surface area contributed by atoms with Crippen LogP contribution in [0.25, 0.3) is 0 Å². The first-order valence-electron chi connectivity index (χ1n) is 7.30. The lowest BCUT2D eigenvalue weighted by Gasteiger charge is -2.29. The number of nitrogens with zero attached hydrogens (tertiary/aromatic N) is 1. The molecule has 1 aromatic rings. The SMILES string of the molecule is COC(=O)C1CCN(CC2CCOc3ccccc32)C1. The van der Waals surface area contributed by atoms with E-state index in [0.29, 0.717) is 5.92 Å². The quantitative estimate of drug-likeness (QED) is 0.791. The van der Waals surface area contributed by atoms with Crippen LogP contribution in [0.3, 0.4) is 0 Å². The maximum atomic E-state index is 11.6. The summed E-state index contributed by atoms with van der Waals surface area (Å²) in [5.41, 5.74) is 1.31. The minimum absolute atomic E-state index is 0.0510. The second kappa shape index (κ2) is 5.83. The number of benzene rings is 1. The van der Waals surface area contributed by atoms with Crippen molar-refractivity contribution < 1.29 is 14.3 Å². The maximum Gasteiger partial charge on any atom is 0.310 e. The number of ether oxygens (including phenoxy) is 2. The molecule has 2 unspecified atom stereocenters. The van der Waals surface area contributed by atoms with Crippen LogP contribution >= 0.6 is 0 Å². The van der Waals surface area contributed by atoms with E-state index in [9.17, 15) is 4.79 Å². The molecule has 2 atom stereocenters. The summed E-state index contributed by atoms with van der Waals surface area (Å²) in [4.78, 5) is 14.0. The first-order valence-corrected chi connectivity index (χ1v) is 7.30. The Morgan fingerprint density at radius 2 is 2.25 bits per heavy atom. The van der Waals surface area contributed by atoms with Crippen molar-refractivity contribution in [2.24, 2.45) is 5.92 Å². The molecule has 0 radical (unpaired) electrons. The zero-order valence-electron chi connectivity index (χ0n) is 11.9. The summed E-state index contributed by atoms with van der Waals surface area (Å²) in [6.07, 6.45) is 1.97. The van der Waals surface area contributed by atoms with Crippen LogP contribution in [-0.2, 0) is 9.53 Å². The van der Waals surface area contributed by atoms with Gasteiger partial charge in [0.2, 0.25) is 0 Å². The highest BCUT2D eigenvalue weighted by Gasteiger charge is 2.31. The number of rotatable bonds is 3. The van der Waals surface area contributed by atoms with E-state index in [-0.39, 0.29) is 11.9 Å². The van der Waals surface area contributed by atoms with Crippen LogP contribution in [0.1, 0.15) is 24.3 Å². The van der Waals surface area contributed by atoms with E-state index in [1.807, 2.05) is 12.1 Å². The molecular weight excluding hydrogens is 254 g/mol. The van der Waals surface area contributed by atoms with E-state index in [2.05, 4.69) is 17.0 Å². The van der Waals surface area contributed by atoms with E-state index in [0.717, 1.165) is 44.8 Å². The molecule has 2 aliphatic rings. The molecule has 1 aromatic carbocycles. The minimum Gasteiger partial charge on any atom is -0.493 e. The van der Waals surface area contributed by atoms with Crippen molar-refractivity contribution in [3.8, 4) is 5.75 Å². The van der Waals surface area contributed by atoms with Crippen molar-refractivity contribution >= 4 is 5.97 Å². The number of methoxy groups -OCH3 is 1. The summed E-state index contributed by atoms with van der Waals surface area (Å²) in [5.74, 6) is 1.51. The largest absolute Gasteiger partial charge is 0.493 e. The molecule has 4 heteroatoms. The second-order valence-electron chi connectivity index (χ2n) is 5.64. The van der Waals surface area contributed by atoms with Gasteiger partial charge in [-0.3, -0.25) is 4.79 Å². The monoisotopic (exact) mass is 275 g/mol. The molecule has 4 nitrogen and oxygen atoms in total. The fourth-order valence-corrected chi connectivity index (χ4v) is 3.27. The van der Waals surface area contributed by atoms with Crippen LogP contribution in [0.4, 0.5) is 0 Å². The van der Waals surface area contributed by atoms with Gasteiger partial charge in [0.25, 0.3) is 0 Å². The summed E-state index contributed by atoms with van der Waals surface area (Å²) < 4.78 is 10.5. The smallest absolute Gasteiger partial charge is 0.310 e. The zero-order valence-corrected chi connectivity index (χ0v) is 11.9. The van der Waals surface area contributed by atoms with Crippen molar-refractivity contribution in [2.45, 2.75) is 18.8 Å². The predicted molar refractivity (Wildman–Crippen MR) is 75.9 cm³/mol. The Morgan fingerprint density at radius 1 is 1.40 bits per heavy atom. The van der Waals surface area contributed by atoms with E-state index in [1.54, 1.807) is 0 Å². The Hall–Kier alpha value is -1.55. The normalized spacial score (nSPS) is 25.9. The van der Waals surface area contributed by atoms with Crippen LogP contribution in [-0.4, -0.2) is 44.2 Å². The Balaban J connectivity index is 1.64. The molecule has 0 bridgehead atoms. The topological polar surface area (TPSA) is 38.8 Å². The summed E-state index contributed by atoms with van der Waals surface area (Å²) >= 11 is 0. The highest BCUT2D eigenvalue weighted by Crippen LogP contribution is 2.34. The summed E-state index contributed by atoms with van der Waals surface area (Å²) in [7, 11) is 1.47. The molecular formula is C16H21NO3. The lowest BCUT2D eigenvalue weighted by Crippen LogP contribution is -2.30. The van der Waals surface area contributed by atoms with Gasteiger partial charge in [0.15, 0.2) is 0 Å². The molecule has 0 spiro atoms. The Bertz CT molecular complexity index is 488. The average Bonchev–Trinajstić information content (AvgIpc) is 2.95. The van der Waals surface area contributed by atoms with E-state index >= 15 is 0 Å². The van der Waals surface area contributed by atoms with Crippen LogP contribution in [0, 0.1) is 5.92 Å². The number of fused-ring (bicyclic) bond motifs is 1. The van der Waals surface area contributed by atoms with Gasteiger partial charge in [0.05, 0.1) is 19.6 Å². The summed E-state index contributed by atoms with van der Waals surface area (Å²) in [6.45, 7) is 3.61. The molecule has 0 aromatic heterocycles. The maximum absolute atomic E-state index is 11.6. The first-order chi connectivity index (χ1) is 9.78. The standard InChI is InChI=1S/C16H21NO3/c1-19-16(18)13-6-8-17(11-13)10-12-7-9-20-15-5-3-2-4-14(12)15/h2-5,12-13H,6-11H2,1H3. The van der Waals surface area contributed by atoms with Gasteiger partial charge in [-0.05, 0) is 31.0 Å². The molecule has 2 heterocycles. The highest BCUT2D eigenvalue weighted by atomic mass is 16.5. The van der Waals surface area contributed by atoms with Crippen LogP contribution in [0.2, 0.25) is 0 Å². The molecule has 20 heavy (non-hydrogen) atoms. The lowest BCUT2D eigenvalue weighted by molar-refractivity contribution is -0.144. The van der Waals surface area contributed by atoms with Gasteiger partial charge in [-0.2, -0.15) is 0 Å². The number of hydrogen-bond acceptors (Lipinski definition) is 4. The Kier molecular flexibility index (Phi) is 3.92. The van der Waals surface area contributed by atoms with Gasteiger partial charge < -0.3 is 14.4 Å². The second-order valence-corrected chi connectivity index (χ2v) is 5.64.